The van der Waals surface area contributed by atoms with Gasteiger partial charge in [-0.05, 0) is 25.3 Å². The average Bonchev–Trinajstić information content (AvgIpc) is 2.30. The predicted molar refractivity (Wildman–Crippen MR) is 70.6 cm³/mol. The predicted octanol–water partition coefficient (Wildman–Crippen LogP) is 3.33. The number of alkyl halides is 1. The van der Waals surface area contributed by atoms with Crippen LogP contribution in [0.2, 0.25) is 0 Å². The van der Waals surface area contributed by atoms with Crippen molar-refractivity contribution in [3.63, 3.8) is 0 Å². The van der Waals surface area contributed by atoms with Crippen molar-refractivity contribution in [2.24, 2.45) is 0 Å². The van der Waals surface area contributed by atoms with Crippen LogP contribution in [0.1, 0.15) is 18.9 Å². The van der Waals surface area contributed by atoms with Crippen molar-refractivity contribution in [2.45, 2.75) is 24.6 Å². The van der Waals surface area contributed by atoms with Crippen LogP contribution in [-0.4, -0.2) is 23.0 Å². The Morgan fingerprint density at radius 3 is 2.59 bits per heavy atom. The van der Waals surface area contributed by atoms with E-state index in [1.165, 1.54) is 12.1 Å². The quantitative estimate of drug-likeness (QED) is 0.336. The maximum Gasteiger partial charge on any atom is 0.269 e. The van der Waals surface area contributed by atoms with E-state index in [0.717, 1.165) is 31.6 Å². The van der Waals surface area contributed by atoms with Crippen molar-refractivity contribution in [2.75, 3.05) is 13.2 Å². The highest BCUT2D eigenvalue weighted by Crippen LogP contribution is 2.17. The molecule has 0 radical (unpaired) electrons. The van der Waals surface area contributed by atoms with Gasteiger partial charge in [0.1, 0.15) is 0 Å². The minimum Gasteiger partial charge on any atom is -0.382 e. The fourth-order valence-corrected chi connectivity index (χ4v) is 2.03. The number of nitrogens with zero attached hydrogens (tertiary/aromatic N) is 1. The van der Waals surface area contributed by atoms with Crippen molar-refractivity contribution >= 4 is 21.6 Å². The molecule has 17 heavy (non-hydrogen) atoms. The van der Waals surface area contributed by atoms with Gasteiger partial charge < -0.3 is 4.74 Å². The van der Waals surface area contributed by atoms with Gasteiger partial charge in [0, 0.05) is 30.2 Å². The Kier molecular flexibility index (Phi) is 6.15. The second-order valence-corrected chi connectivity index (χ2v) is 5.01. The Bertz CT molecular complexity index is 353. The average molecular weight is 302 g/mol. The zero-order valence-electron chi connectivity index (χ0n) is 9.77. The topological polar surface area (TPSA) is 52.4 Å². The summed E-state index contributed by atoms with van der Waals surface area (Å²) in [4.78, 5) is 10.4. The molecule has 0 N–H and O–H groups in total. The Morgan fingerprint density at radius 2 is 2.06 bits per heavy atom. The molecule has 0 saturated carbocycles. The highest BCUT2D eigenvalue weighted by molar-refractivity contribution is 9.09. The number of benzene rings is 1. The van der Waals surface area contributed by atoms with E-state index in [9.17, 15) is 10.1 Å². The summed E-state index contributed by atoms with van der Waals surface area (Å²) in [6, 6.07) is 6.68. The summed E-state index contributed by atoms with van der Waals surface area (Å²) in [6.07, 6.45) is 1.79. The van der Waals surface area contributed by atoms with E-state index < -0.39 is 0 Å². The summed E-state index contributed by atoms with van der Waals surface area (Å²) in [5.41, 5.74) is 1.23. The molecule has 1 rings (SSSR count). The molecule has 0 bridgehead atoms. The minimum absolute atomic E-state index is 0.134. The lowest BCUT2D eigenvalue weighted by molar-refractivity contribution is -0.384. The van der Waals surface area contributed by atoms with E-state index in [-0.39, 0.29) is 10.6 Å². The highest BCUT2D eigenvalue weighted by Gasteiger charge is 2.08. The molecule has 0 saturated heterocycles. The molecule has 0 aliphatic heterocycles. The standard InChI is InChI=1S/C12H16BrNO3/c1-2-17-8-7-11(13)9-10-3-5-12(6-4-10)14(15)16/h3-6,11H,2,7-9H2,1H3. The third kappa shape index (κ3) is 5.28. The summed E-state index contributed by atoms with van der Waals surface area (Å²) in [6.45, 7) is 3.44. The molecule has 0 amide bonds. The first-order valence-corrected chi connectivity index (χ1v) is 6.50. The van der Waals surface area contributed by atoms with Gasteiger partial charge in [0.05, 0.1) is 4.92 Å². The maximum absolute atomic E-state index is 10.5. The number of nitro benzene ring substituents is 1. The number of hydrogen-bond acceptors (Lipinski definition) is 3. The molecule has 1 aromatic carbocycles. The lowest BCUT2D eigenvalue weighted by Crippen LogP contribution is -2.07. The van der Waals surface area contributed by atoms with Gasteiger partial charge in [-0.1, -0.05) is 28.1 Å². The summed E-state index contributed by atoms with van der Waals surface area (Å²) >= 11 is 3.58. The monoisotopic (exact) mass is 301 g/mol. The van der Waals surface area contributed by atoms with Crippen LogP contribution >= 0.6 is 15.9 Å². The maximum atomic E-state index is 10.5. The van der Waals surface area contributed by atoms with Crippen molar-refractivity contribution in [3.8, 4) is 0 Å². The SMILES string of the molecule is CCOCCC(Br)Cc1ccc([N+](=O)[O-])cc1. The molecule has 1 aromatic rings. The third-order valence-electron chi connectivity index (χ3n) is 2.38. The molecular weight excluding hydrogens is 286 g/mol. The summed E-state index contributed by atoms with van der Waals surface area (Å²) < 4.78 is 5.27. The second-order valence-electron chi connectivity index (χ2n) is 3.71. The van der Waals surface area contributed by atoms with E-state index in [4.69, 9.17) is 4.74 Å². The first kappa shape index (κ1) is 14.1. The number of rotatable bonds is 7. The Morgan fingerprint density at radius 1 is 1.41 bits per heavy atom. The first-order valence-electron chi connectivity index (χ1n) is 5.58. The number of ether oxygens (including phenoxy) is 1. The van der Waals surface area contributed by atoms with Crippen molar-refractivity contribution < 1.29 is 9.66 Å². The normalized spacial score (nSPS) is 12.4. The molecule has 0 heterocycles. The lowest BCUT2D eigenvalue weighted by atomic mass is 10.1. The molecular formula is C12H16BrNO3. The highest BCUT2D eigenvalue weighted by atomic mass is 79.9. The first-order chi connectivity index (χ1) is 8.13. The minimum atomic E-state index is -0.384. The van der Waals surface area contributed by atoms with Gasteiger partial charge in [-0.15, -0.1) is 0 Å². The van der Waals surface area contributed by atoms with Crippen molar-refractivity contribution in [1.82, 2.24) is 0 Å². The van der Waals surface area contributed by atoms with Gasteiger partial charge in [0.15, 0.2) is 0 Å². The van der Waals surface area contributed by atoms with Crippen LogP contribution in [0.4, 0.5) is 5.69 Å². The lowest BCUT2D eigenvalue weighted by Gasteiger charge is -2.09. The second kappa shape index (κ2) is 7.40. The molecule has 94 valence electrons. The van der Waals surface area contributed by atoms with Gasteiger partial charge in [-0.2, -0.15) is 0 Å². The molecule has 0 spiro atoms. The number of halogens is 1. The Balaban J connectivity index is 2.43. The van der Waals surface area contributed by atoms with Crippen LogP contribution in [0.25, 0.3) is 0 Å². The Hall–Kier alpha value is -0.940. The molecule has 1 atom stereocenters. The van der Waals surface area contributed by atoms with Crippen molar-refractivity contribution in [3.05, 3.63) is 39.9 Å². The van der Waals surface area contributed by atoms with E-state index in [1.807, 2.05) is 6.92 Å². The largest absolute Gasteiger partial charge is 0.382 e. The van der Waals surface area contributed by atoms with Gasteiger partial charge >= 0.3 is 0 Å². The van der Waals surface area contributed by atoms with E-state index in [1.54, 1.807) is 12.1 Å². The van der Waals surface area contributed by atoms with Gasteiger partial charge in [0.2, 0.25) is 0 Å². The van der Waals surface area contributed by atoms with Gasteiger partial charge in [-0.3, -0.25) is 10.1 Å². The van der Waals surface area contributed by atoms with E-state index >= 15 is 0 Å². The molecule has 0 fully saturated rings. The number of hydrogen-bond donors (Lipinski definition) is 0. The number of nitro groups is 1. The van der Waals surface area contributed by atoms with Crippen LogP contribution in [0.15, 0.2) is 24.3 Å². The molecule has 0 aliphatic carbocycles. The van der Waals surface area contributed by atoms with Gasteiger partial charge in [-0.25, -0.2) is 0 Å². The van der Waals surface area contributed by atoms with E-state index in [0.29, 0.717) is 4.83 Å². The molecule has 1 unspecified atom stereocenters. The van der Waals surface area contributed by atoms with Crippen LogP contribution in [0, 0.1) is 10.1 Å². The van der Waals surface area contributed by atoms with Crippen LogP contribution < -0.4 is 0 Å². The fourth-order valence-electron chi connectivity index (χ4n) is 1.47. The zero-order chi connectivity index (χ0) is 12.7. The molecule has 4 nitrogen and oxygen atoms in total. The summed E-state index contributed by atoms with van der Waals surface area (Å²) in [5, 5.41) is 10.5. The van der Waals surface area contributed by atoms with E-state index in [2.05, 4.69) is 15.9 Å². The Labute approximate surface area is 109 Å². The zero-order valence-corrected chi connectivity index (χ0v) is 11.4. The molecule has 0 aromatic heterocycles. The summed E-state index contributed by atoms with van der Waals surface area (Å²) in [5.74, 6) is 0. The van der Waals surface area contributed by atoms with Crippen LogP contribution in [0.5, 0.6) is 0 Å². The third-order valence-corrected chi connectivity index (χ3v) is 3.17. The fraction of sp³-hybridized carbons (Fsp3) is 0.500. The smallest absolute Gasteiger partial charge is 0.269 e. The summed E-state index contributed by atoms with van der Waals surface area (Å²) in [7, 11) is 0. The van der Waals surface area contributed by atoms with Crippen molar-refractivity contribution in [1.29, 1.82) is 0 Å². The van der Waals surface area contributed by atoms with Gasteiger partial charge in [0.25, 0.3) is 5.69 Å². The number of non-ortho nitro benzene ring substituents is 1. The van der Waals surface area contributed by atoms with Crippen LogP contribution in [0.3, 0.4) is 0 Å². The van der Waals surface area contributed by atoms with Crippen LogP contribution in [-0.2, 0) is 11.2 Å². The molecule has 5 heteroatoms. The molecule has 0 aliphatic rings.